The van der Waals surface area contributed by atoms with Gasteiger partial charge in [0, 0.05) is 44.7 Å². The van der Waals surface area contributed by atoms with E-state index >= 15 is 0 Å². The van der Waals surface area contributed by atoms with Crippen molar-refractivity contribution in [3.8, 4) is 0 Å². The van der Waals surface area contributed by atoms with Crippen LogP contribution in [0.4, 0.5) is 0 Å². The van der Waals surface area contributed by atoms with Crippen molar-refractivity contribution >= 4 is 11.8 Å². The summed E-state index contributed by atoms with van der Waals surface area (Å²) < 4.78 is 0. The van der Waals surface area contributed by atoms with Crippen LogP contribution in [0.1, 0.15) is 45.1 Å². The molecule has 0 radical (unpaired) electrons. The Kier molecular flexibility index (Phi) is 8.28. The number of benzene rings is 1. The van der Waals surface area contributed by atoms with E-state index in [1.165, 1.54) is 5.56 Å². The van der Waals surface area contributed by atoms with E-state index in [9.17, 15) is 9.59 Å². The predicted molar refractivity (Wildman–Crippen MR) is 120 cm³/mol. The maximum absolute atomic E-state index is 12.9. The van der Waals surface area contributed by atoms with Crippen molar-refractivity contribution in [2.75, 3.05) is 32.7 Å². The van der Waals surface area contributed by atoms with E-state index in [2.05, 4.69) is 48.3 Å². The van der Waals surface area contributed by atoms with Gasteiger partial charge in [0.15, 0.2) is 0 Å². The SMILES string of the molecule is CC(C)CN(CCc1ccccc1)C1CCN(C(=O)C2CC2)[C@@H](C(=O)NCCN)C1. The zero-order chi connectivity index (χ0) is 21.5. The van der Waals surface area contributed by atoms with Crippen molar-refractivity contribution in [2.24, 2.45) is 17.6 Å². The van der Waals surface area contributed by atoms with Crippen molar-refractivity contribution in [1.82, 2.24) is 15.1 Å². The highest BCUT2D eigenvalue weighted by molar-refractivity contribution is 5.89. The third-order valence-electron chi connectivity index (χ3n) is 6.18. The Labute approximate surface area is 181 Å². The summed E-state index contributed by atoms with van der Waals surface area (Å²) in [6.07, 6.45) is 4.56. The van der Waals surface area contributed by atoms with Crippen molar-refractivity contribution in [3.63, 3.8) is 0 Å². The van der Waals surface area contributed by atoms with Gasteiger partial charge in [-0.05, 0) is 43.6 Å². The molecule has 30 heavy (non-hydrogen) atoms. The standard InChI is InChI=1S/C24H38N4O2/c1-18(2)17-27(14-10-19-6-4-3-5-7-19)21-11-15-28(24(30)20-8-9-20)22(16-21)23(29)26-13-12-25/h3-7,18,20-22H,8-17,25H2,1-2H3,(H,26,29)/t21?,22-/m1/s1. The number of nitrogens with two attached hydrogens (primary N) is 1. The lowest BCUT2D eigenvalue weighted by Crippen LogP contribution is -2.58. The number of likely N-dealkylation sites (tertiary alicyclic amines) is 1. The molecule has 0 bridgehead atoms. The Morgan fingerprint density at radius 3 is 2.57 bits per heavy atom. The number of nitrogens with one attached hydrogen (secondary N) is 1. The van der Waals surface area contributed by atoms with Gasteiger partial charge in [0.2, 0.25) is 11.8 Å². The van der Waals surface area contributed by atoms with Crippen LogP contribution in [0.5, 0.6) is 0 Å². The van der Waals surface area contributed by atoms with E-state index in [-0.39, 0.29) is 23.8 Å². The second kappa shape index (κ2) is 10.9. The normalized spacial score (nSPS) is 21.8. The first-order valence-corrected chi connectivity index (χ1v) is 11.6. The fraction of sp³-hybridized carbons (Fsp3) is 0.667. The number of amides is 2. The summed E-state index contributed by atoms with van der Waals surface area (Å²) in [5, 5.41) is 2.93. The highest BCUT2D eigenvalue weighted by Gasteiger charge is 2.42. The molecule has 1 saturated carbocycles. The van der Waals surface area contributed by atoms with Gasteiger partial charge in [-0.1, -0.05) is 44.2 Å². The van der Waals surface area contributed by atoms with Crippen LogP contribution >= 0.6 is 0 Å². The van der Waals surface area contributed by atoms with Crippen molar-refractivity contribution in [3.05, 3.63) is 35.9 Å². The summed E-state index contributed by atoms with van der Waals surface area (Å²) >= 11 is 0. The molecule has 2 atom stereocenters. The monoisotopic (exact) mass is 414 g/mol. The molecule has 2 aliphatic rings. The molecule has 3 N–H and O–H groups in total. The smallest absolute Gasteiger partial charge is 0.242 e. The molecule has 6 heteroatoms. The summed E-state index contributed by atoms with van der Waals surface area (Å²) in [6.45, 7) is 8.00. The summed E-state index contributed by atoms with van der Waals surface area (Å²) in [5.74, 6) is 0.806. The molecular formula is C24H38N4O2. The topological polar surface area (TPSA) is 78.7 Å². The van der Waals surface area contributed by atoms with Crippen molar-refractivity contribution < 1.29 is 9.59 Å². The lowest BCUT2D eigenvalue weighted by atomic mass is 9.93. The molecule has 166 valence electrons. The first-order chi connectivity index (χ1) is 14.5. The van der Waals surface area contributed by atoms with E-state index in [1.807, 2.05) is 11.0 Å². The molecule has 2 fully saturated rings. The number of rotatable bonds is 10. The number of hydrogen-bond acceptors (Lipinski definition) is 4. The van der Waals surface area contributed by atoms with Gasteiger partial charge >= 0.3 is 0 Å². The van der Waals surface area contributed by atoms with Gasteiger partial charge in [0.1, 0.15) is 6.04 Å². The van der Waals surface area contributed by atoms with Crippen molar-refractivity contribution in [2.45, 2.75) is 58.0 Å². The minimum atomic E-state index is -0.380. The van der Waals surface area contributed by atoms with Gasteiger partial charge in [-0.3, -0.25) is 14.5 Å². The second-order valence-electron chi connectivity index (χ2n) is 9.20. The summed E-state index contributed by atoms with van der Waals surface area (Å²) in [6, 6.07) is 10.5. The fourth-order valence-electron chi connectivity index (χ4n) is 4.48. The maximum atomic E-state index is 12.9. The highest BCUT2D eigenvalue weighted by Crippen LogP contribution is 2.34. The van der Waals surface area contributed by atoms with Gasteiger partial charge in [-0.15, -0.1) is 0 Å². The minimum absolute atomic E-state index is 0.0493. The first-order valence-electron chi connectivity index (χ1n) is 11.6. The number of carbonyl (C=O) groups is 2. The molecule has 1 aliphatic heterocycles. The molecule has 2 amide bonds. The fourth-order valence-corrected chi connectivity index (χ4v) is 4.48. The van der Waals surface area contributed by atoms with Crippen LogP contribution in [0.3, 0.4) is 0 Å². The average Bonchev–Trinajstić information content (AvgIpc) is 3.60. The second-order valence-corrected chi connectivity index (χ2v) is 9.20. The molecule has 3 rings (SSSR count). The van der Waals surface area contributed by atoms with Crippen LogP contribution < -0.4 is 11.1 Å². The summed E-state index contributed by atoms with van der Waals surface area (Å²) in [7, 11) is 0. The minimum Gasteiger partial charge on any atom is -0.353 e. The van der Waals surface area contributed by atoms with Crippen LogP contribution in [-0.4, -0.2) is 66.4 Å². The number of piperidine rings is 1. The largest absolute Gasteiger partial charge is 0.353 e. The third kappa shape index (κ3) is 6.29. The predicted octanol–water partition coefficient (Wildman–Crippen LogP) is 2.03. The van der Waals surface area contributed by atoms with E-state index in [0.717, 1.165) is 38.8 Å². The maximum Gasteiger partial charge on any atom is 0.242 e. The van der Waals surface area contributed by atoms with Crippen LogP contribution in [-0.2, 0) is 16.0 Å². The van der Waals surface area contributed by atoms with Crippen LogP contribution in [0.2, 0.25) is 0 Å². The molecular weight excluding hydrogens is 376 g/mol. The molecule has 1 aliphatic carbocycles. The van der Waals surface area contributed by atoms with E-state index in [4.69, 9.17) is 5.73 Å². The quantitative estimate of drug-likeness (QED) is 0.614. The molecule has 1 saturated heterocycles. The zero-order valence-electron chi connectivity index (χ0n) is 18.6. The average molecular weight is 415 g/mol. The van der Waals surface area contributed by atoms with Crippen LogP contribution in [0, 0.1) is 11.8 Å². The van der Waals surface area contributed by atoms with Crippen LogP contribution in [0.15, 0.2) is 30.3 Å². The molecule has 1 aromatic carbocycles. The zero-order valence-corrected chi connectivity index (χ0v) is 18.6. The number of hydrogen-bond donors (Lipinski definition) is 2. The van der Waals surface area contributed by atoms with E-state index in [1.54, 1.807) is 0 Å². The Bertz CT molecular complexity index is 690. The van der Waals surface area contributed by atoms with E-state index in [0.29, 0.717) is 38.0 Å². The van der Waals surface area contributed by atoms with Gasteiger partial charge in [-0.2, -0.15) is 0 Å². The molecule has 1 aromatic rings. The number of nitrogens with zero attached hydrogens (tertiary/aromatic N) is 2. The Balaban J connectivity index is 1.69. The lowest BCUT2D eigenvalue weighted by Gasteiger charge is -2.43. The van der Waals surface area contributed by atoms with Crippen LogP contribution in [0.25, 0.3) is 0 Å². The first kappa shape index (κ1) is 22.8. The third-order valence-corrected chi connectivity index (χ3v) is 6.18. The lowest BCUT2D eigenvalue weighted by molar-refractivity contribution is -0.144. The van der Waals surface area contributed by atoms with Gasteiger partial charge in [-0.25, -0.2) is 0 Å². The summed E-state index contributed by atoms with van der Waals surface area (Å²) in [4.78, 5) is 30.1. The van der Waals surface area contributed by atoms with Gasteiger partial charge in [0.05, 0.1) is 0 Å². The molecule has 0 spiro atoms. The van der Waals surface area contributed by atoms with Gasteiger partial charge in [0.25, 0.3) is 0 Å². The molecule has 6 nitrogen and oxygen atoms in total. The van der Waals surface area contributed by atoms with E-state index < -0.39 is 0 Å². The van der Waals surface area contributed by atoms with Gasteiger partial charge < -0.3 is 16.0 Å². The molecule has 0 aromatic heterocycles. The molecule has 1 heterocycles. The molecule has 1 unspecified atom stereocenters. The number of carbonyl (C=O) groups excluding carboxylic acids is 2. The Hall–Kier alpha value is -1.92. The Morgan fingerprint density at radius 1 is 1.20 bits per heavy atom. The van der Waals surface area contributed by atoms with Crippen molar-refractivity contribution in [1.29, 1.82) is 0 Å². The summed E-state index contributed by atoms with van der Waals surface area (Å²) in [5.41, 5.74) is 6.92. The Morgan fingerprint density at radius 2 is 1.93 bits per heavy atom. The highest BCUT2D eigenvalue weighted by atomic mass is 16.2.